The maximum absolute atomic E-state index is 11.8. The van der Waals surface area contributed by atoms with Crippen LogP contribution in [0.1, 0.15) is 24.2 Å². The highest BCUT2D eigenvalue weighted by Crippen LogP contribution is 2.17. The molecule has 92 valence electrons. The van der Waals surface area contributed by atoms with Crippen molar-refractivity contribution in [3.63, 3.8) is 0 Å². The molecular formula is C13H17NO3. The van der Waals surface area contributed by atoms with E-state index in [2.05, 4.69) is 5.32 Å². The number of nitrogens with one attached hydrogen (secondary N) is 1. The van der Waals surface area contributed by atoms with Crippen LogP contribution in [-0.4, -0.2) is 25.3 Å². The minimum atomic E-state index is -0.594. The molecule has 0 bridgehead atoms. The highest BCUT2D eigenvalue weighted by Gasteiger charge is 2.19. The molecule has 0 aliphatic heterocycles. The zero-order valence-electron chi connectivity index (χ0n) is 10.3. The molecule has 0 spiro atoms. The fourth-order valence-corrected chi connectivity index (χ4v) is 1.33. The molecule has 0 aromatic heterocycles. The molecule has 1 aromatic rings. The Bertz CT molecular complexity index is 413. The molecule has 0 saturated heterocycles. The number of ether oxygens (including phenoxy) is 1. The van der Waals surface area contributed by atoms with E-state index in [0.29, 0.717) is 18.2 Å². The van der Waals surface area contributed by atoms with Gasteiger partial charge in [-0.3, -0.25) is 9.59 Å². The van der Waals surface area contributed by atoms with Crippen molar-refractivity contribution in [2.24, 2.45) is 5.92 Å². The number of methoxy groups -OCH3 is 1. The molecule has 17 heavy (non-hydrogen) atoms. The molecule has 0 heterocycles. The molecule has 4 nitrogen and oxygen atoms in total. The third kappa shape index (κ3) is 3.59. The van der Waals surface area contributed by atoms with Gasteiger partial charge in [-0.05, 0) is 18.1 Å². The summed E-state index contributed by atoms with van der Waals surface area (Å²) in [5.74, 6) is -0.437. The number of benzene rings is 1. The predicted molar refractivity (Wildman–Crippen MR) is 65.2 cm³/mol. The molecule has 1 aromatic carbocycles. The maximum atomic E-state index is 11.8. The number of para-hydroxylation sites is 1. The van der Waals surface area contributed by atoms with E-state index in [4.69, 9.17) is 4.74 Å². The minimum Gasteiger partial charge on any atom is -0.496 e. The van der Waals surface area contributed by atoms with Gasteiger partial charge in [0, 0.05) is 6.54 Å². The lowest BCUT2D eigenvalue weighted by Gasteiger charge is -2.09. The number of Topliss-reactive ketones (excluding diaryl/α,β-unsaturated/α-hetero) is 1. The van der Waals surface area contributed by atoms with E-state index in [1.54, 1.807) is 24.3 Å². The second kappa shape index (κ2) is 6.03. The van der Waals surface area contributed by atoms with Gasteiger partial charge in [-0.2, -0.15) is 0 Å². The van der Waals surface area contributed by atoms with E-state index in [9.17, 15) is 9.59 Å². The monoisotopic (exact) mass is 235 g/mol. The Hall–Kier alpha value is -1.84. The first-order valence-electron chi connectivity index (χ1n) is 5.51. The molecule has 0 radical (unpaired) electrons. The van der Waals surface area contributed by atoms with Crippen LogP contribution >= 0.6 is 0 Å². The summed E-state index contributed by atoms with van der Waals surface area (Å²) in [6.45, 7) is 4.42. The van der Waals surface area contributed by atoms with Crippen molar-refractivity contribution in [1.29, 1.82) is 0 Å². The van der Waals surface area contributed by atoms with Gasteiger partial charge in [-0.1, -0.05) is 26.0 Å². The molecule has 0 aliphatic rings. The number of carbonyl (C=O) groups is 2. The third-order valence-electron chi connectivity index (χ3n) is 2.23. The Morgan fingerprint density at radius 1 is 1.29 bits per heavy atom. The lowest BCUT2D eigenvalue weighted by molar-refractivity contribution is -0.117. The van der Waals surface area contributed by atoms with E-state index in [1.165, 1.54) is 7.11 Å². The normalized spacial score (nSPS) is 10.1. The van der Waals surface area contributed by atoms with Crippen molar-refractivity contribution >= 4 is 11.7 Å². The van der Waals surface area contributed by atoms with Gasteiger partial charge in [0.05, 0.1) is 12.7 Å². The topological polar surface area (TPSA) is 55.4 Å². The standard InChI is InChI=1S/C13H17NO3/c1-9(2)8-14-13(16)12(15)10-6-4-5-7-11(10)17-3/h4-7,9H,8H2,1-3H3,(H,14,16). The molecular weight excluding hydrogens is 218 g/mol. The van der Waals surface area contributed by atoms with Crippen LogP contribution in [-0.2, 0) is 4.79 Å². The summed E-state index contributed by atoms with van der Waals surface area (Å²) in [4.78, 5) is 23.4. The largest absolute Gasteiger partial charge is 0.496 e. The number of amides is 1. The number of ketones is 1. The lowest BCUT2D eigenvalue weighted by atomic mass is 10.1. The van der Waals surface area contributed by atoms with Crippen molar-refractivity contribution in [1.82, 2.24) is 5.32 Å². The Kier molecular flexibility index (Phi) is 4.69. The van der Waals surface area contributed by atoms with Crippen LogP contribution in [0.4, 0.5) is 0 Å². The van der Waals surface area contributed by atoms with Crippen LogP contribution in [0.5, 0.6) is 5.75 Å². The Morgan fingerprint density at radius 3 is 2.53 bits per heavy atom. The van der Waals surface area contributed by atoms with Crippen molar-refractivity contribution < 1.29 is 14.3 Å². The van der Waals surface area contributed by atoms with Crippen LogP contribution in [0.15, 0.2) is 24.3 Å². The lowest BCUT2D eigenvalue weighted by Crippen LogP contribution is -2.33. The van der Waals surface area contributed by atoms with Gasteiger partial charge in [-0.15, -0.1) is 0 Å². The van der Waals surface area contributed by atoms with Crippen molar-refractivity contribution in [2.75, 3.05) is 13.7 Å². The van der Waals surface area contributed by atoms with Gasteiger partial charge in [0.15, 0.2) is 0 Å². The van der Waals surface area contributed by atoms with Gasteiger partial charge in [0.1, 0.15) is 5.75 Å². The van der Waals surface area contributed by atoms with Crippen molar-refractivity contribution in [2.45, 2.75) is 13.8 Å². The average molecular weight is 235 g/mol. The fourth-order valence-electron chi connectivity index (χ4n) is 1.33. The number of carbonyl (C=O) groups excluding carboxylic acids is 2. The second-order valence-corrected chi connectivity index (χ2v) is 4.13. The Labute approximate surface area is 101 Å². The first-order chi connectivity index (χ1) is 8.06. The van der Waals surface area contributed by atoms with Gasteiger partial charge < -0.3 is 10.1 Å². The highest BCUT2D eigenvalue weighted by molar-refractivity contribution is 6.43. The minimum absolute atomic E-state index is 0.288. The molecule has 1 N–H and O–H groups in total. The predicted octanol–water partition coefficient (Wildman–Crippen LogP) is 1.65. The van der Waals surface area contributed by atoms with Crippen LogP contribution in [0.3, 0.4) is 0 Å². The molecule has 0 unspecified atom stereocenters. The Balaban J connectivity index is 2.78. The van der Waals surface area contributed by atoms with Gasteiger partial charge in [0.25, 0.3) is 11.7 Å². The maximum Gasteiger partial charge on any atom is 0.292 e. The van der Waals surface area contributed by atoms with Gasteiger partial charge >= 0.3 is 0 Å². The molecule has 1 amide bonds. The van der Waals surface area contributed by atoms with Crippen LogP contribution in [0.2, 0.25) is 0 Å². The first-order valence-corrected chi connectivity index (χ1v) is 5.51. The van der Waals surface area contributed by atoms with E-state index >= 15 is 0 Å². The van der Waals surface area contributed by atoms with Crippen LogP contribution in [0.25, 0.3) is 0 Å². The highest BCUT2D eigenvalue weighted by atomic mass is 16.5. The first kappa shape index (κ1) is 13.2. The third-order valence-corrected chi connectivity index (χ3v) is 2.23. The second-order valence-electron chi connectivity index (χ2n) is 4.13. The van der Waals surface area contributed by atoms with Crippen molar-refractivity contribution in [3.05, 3.63) is 29.8 Å². The summed E-state index contributed by atoms with van der Waals surface area (Å²) in [5.41, 5.74) is 0.288. The fraction of sp³-hybridized carbons (Fsp3) is 0.385. The summed E-state index contributed by atoms with van der Waals surface area (Å²) in [6, 6.07) is 6.69. The summed E-state index contributed by atoms with van der Waals surface area (Å²) >= 11 is 0. The van der Waals surface area contributed by atoms with E-state index in [1.807, 2.05) is 13.8 Å². The molecule has 0 atom stereocenters. The summed E-state index contributed by atoms with van der Waals surface area (Å²) in [6.07, 6.45) is 0. The van der Waals surface area contributed by atoms with Gasteiger partial charge in [0.2, 0.25) is 0 Å². The molecule has 0 saturated carbocycles. The van der Waals surface area contributed by atoms with Crippen LogP contribution in [0, 0.1) is 5.92 Å². The smallest absolute Gasteiger partial charge is 0.292 e. The molecule has 1 rings (SSSR count). The molecule has 0 aliphatic carbocycles. The summed E-state index contributed by atoms with van der Waals surface area (Å²) in [7, 11) is 1.47. The Morgan fingerprint density at radius 2 is 1.94 bits per heavy atom. The quantitative estimate of drug-likeness (QED) is 0.623. The number of rotatable bonds is 5. The zero-order valence-corrected chi connectivity index (χ0v) is 10.3. The molecule has 4 heteroatoms. The van der Waals surface area contributed by atoms with E-state index < -0.39 is 11.7 Å². The zero-order chi connectivity index (χ0) is 12.8. The van der Waals surface area contributed by atoms with Crippen LogP contribution < -0.4 is 10.1 Å². The number of hydrogen-bond donors (Lipinski definition) is 1. The SMILES string of the molecule is COc1ccccc1C(=O)C(=O)NCC(C)C. The average Bonchev–Trinajstić information content (AvgIpc) is 2.34. The number of hydrogen-bond acceptors (Lipinski definition) is 3. The summed E-state index contributed by atoms with van der Waals surface area (Å²) < 4.78 is 5.04. The van der Waals surface area contributed by atoms with Gasteiger partial charge in [-0.25, -0.2) is 0 Å². The van der Waals surface area contributed by atoms with E-state index in [-0.39, 0.29) is 5.56 Å². The summed E-state index contributed by atoms with van der Waals surface area (Å²) in [5, 5.41) is 2.59. The van der Waals surface area contributed by atoms with Crippen molar-refractivity contribution in [3.8, 4) is 5.75 Å². The van der Waals surface area contributed by atoms with E-state index in [0.717, 1.165) is 0 Å². The molecule has 0 fully saturated rings.